The number of methoxy groups -OCH3 is 1. The Hall–Kier alpha value is -3.02. The van der Waals surface area contributed by atoms with E-state index in [-0.39, 0.29) is 17.2 Å². The molecule has 0 unspecified atom stereocenters. The largest absolute Gasteiger partial charge is 0.507 e. The van der Waals surface area contributed by atoms with Crippen molar-refractivity contribution in [2.45, 2.75) is 25.9 Å². The third kappa shape index (κ3) is 4.99. The second kappa shape index (κ2) is 8.89. The Kier molecular flexibility index (Phi) is 6.60. The molecule has 2 rings (SSSR count). The summed E-state index contributed by atoms with van der Waals surface area (Å²) in [6.45, 7) is 3.92. The van der Waals surface area contributed by atoms with Crippen molar-refractivity contribution in [3.63, 3.8) is 0 Å². The Labute approximate surface area is 152 Å². The molecule has 0 saturated heterocycles. The summed E-state index contributed by atoms with van der Waals surface area (Å²) in [7, 11) is 1.45. The number of nitrogens with one attached hydrogen (secondary N) is 1. The van der Waals surface area contributed by atoms with Crippen LogP contribution in [0.2, 0.25) is 0 Å². The minimum atomic E-state index is -0.980. The first kappa shape index (κ1) is 19.3. The molecule has 138 valence electrons. The van der Waals surface area contributed by atoms with Crippen molar-refractivity contribution >= 4 is 11.9 Å². The first-order valence-corrected chi connectivity index (χ1v) is 8.33. The Balaban J connectivity index is 1.89. The zero-order chi connectivity index (χ0) is 19.1. The first-order chi connectivity index (χ1) is 12.4. The van der Waals surface area contributed by atoms with Crippen molar-refractivity contribution in [3.8, 4) is 11.5 Å². The molecule has 0 aliphatic carbocycles. The maximum absolute atomic E-state index is 12.2. The van der Waals surface area contributed by atoms with Crippen molar-refractivity contribution < 1.29 is 24.2 Å². The van der Waals surface area contributed by atoms with E-state index in [2.05, 4.69) is 5.32 Å². The van der Waals surface area contributed by atoms with Crippen molar-refractivity contribution in [2.24, 2.45) is 0 Å². The number of carbonyl (C=O) groups excluding carboxylic acids is 2. The summed E-state index contributed by atoms with van der Waals surface area (Å²) < 4.78 is 10.1. The highest BCUT2D eigenvalue weighted by Crippen LogP contribution is 2.24. The highest BCUT2D eigenvalue weighted by Gasteiger charge is 2.21. The molecule has 2 N–H and O–H groups in total. The number of aromatic hydroxyl groups is 1. The summed E-state index contributed by atoms with van der Waals surface area (Å²) in [4.78, 5) is 24.3. The van der Waals surface area contributed by atoms with Crippen LogP contribution in [0.25, 0.3) is 0 Å². The van der Waals surface area contributed by atoms with E-state index >= 15 is 0 Å². The van der Waals surface area contributed by atoms with E-state index in [1.807, 2.05) is 37.3 Å². The molecule has 0 radical (unpaired) electrons. The standard InChI is InChI=1S/C20H23NO5/c1-13(15-7-5-4-6-8-15)12-21-19(23)14(2)26-20(24)17-10-9-16(25-3)11-18(17)22/h4-11,13-14,22H,12H2,1-3H3,(H,21,23)/t13-,14-/m0/s1. The molecule has 0 aliphatic heterocycles. The lowest BCUT2D eigenvalue weighted by Gasteiger charge is -2.17. The minimum absolute atomic E-state index is 0.0249. The van der Waals surface area contributed by atoms with Crippen molar-refractivity contribution in [2.75, 3.05) is 13.7 Å². The summed E-state index contributed by atoms with van der Waals surface area (Å²) in [5.41, 5.74) is 1.09. The van der Waals surface area contributed by atoms with Gasteiger partial charge in [0.1, 0.15) is 17.1 Å². The summed E-state index contributed by atoms with van der Waals surface area (Å²) in [5.74, 6) is -0.883. The molecule has 2 atom stereocenters. The van der Waals surface area contributed by atoms with Gasteiger partial charge < -0.3 is 19.9 Å². The Morgan fingerprint density at radius 3 is 2.42 bits per heavy atom. The van der Waals surface area contributed by atoms with Gasteiger partial charge in [0, 0.05) is 12.6 Å². The lowest BCUT2D eigenvalue weighted by Crippen LogP contribution is -2.37. The van der Waals surface area contributed by atoms with E-state index in [0.29, 0.717) is 12.3 Å². The van der Waals surface area contributed by atoms with Crippen molar-refractivity contribution in [1.29, 1.82) is 0 Å². The third-order valence-electron chi connectivity index (χ3n) is 4.03. The lowest BCUT2D eigenvalue weighted by molar-refractivity contribution is -0.129. The van der Waals surface area contributed by atoms with E-state index in [0.717, 1.165) is 5.56 Å². The molecule has 0 heterocycles. The van der Waals surface area contributed by atoms with Gasteiger partial charge in [-0.1, -0.05) is 37.3 Å². The summed E-state index contributed by atoms with van der Waals surface area (Å²) in [6, 6.07) is 14.0. The topological polar surface area (TPSA) is 84.9 Å². The number of hydrogen-bond acceptors (Lipinski definition) is 5. The Bertz CT molecular complexity index is 760. The number of hydrogen-bond donors (Lipinski definition) is 2. The number of amides is 1. The van der Waals surface area contributed by atoms with Gasteiger partial charge in [-0.05, 0) is 30.5 Å². The molecule has 6 nitrogen and oxygen atoms in total. The zero-order valence-corrected chi connectivity index (χ0v) is 15.1. The van der Waals surface area contributed by atoms with Crippen molar-refractivity contribution in [1.82, 2.24) is 5.32 Å². The smallest absolute Gasteiger partial charge is 0.342 e. The monoisotopic (exact) mass is 357 g/mol. The van der Waals surface area contributed by atoms with Crippen LogP contribution in [0.4, 0.5) is 0 Å². The van der Waals surface area contributed by atoms with Gasteiger partial charge in [-0.3, -0.25) is 4.79 Å². The fourth-order valence-electron chi connectivity index (χ4n) is 2.39. The number of phenols is 1. The molecule has 6 heteroatoms. The molecule has 0 fully saturated rings. The predicted octanol–water partition coefficient (Wildman–Crippen LogP) is 2.87. The average Bonchev–Trinajstić information content (AvgIpc) is 2.66. The van der Waals surface area contributed by atoms with Crippen molar-refractivity contribution in [3.05, 3.63) is 59.7 Å². The molecule has 0 spiro atoms. The maximum Gasteiger partial charge on any atom is 0.342 e. The van der Waals surface area contributed by atoms with E-state index in [1.165, 1.54) is 32.2 Å². The minimum Gasteiger partial charge on any atom is -0.507 e. The Morgan fingerprint density at radius 2 is 1.81 bits per heavy atom. The second-order valence-electron chi connectivity index (χ2n) is 5.99. The number of esters is 1. The van der Waals surface area contributed by atoms with E-state index in [4.69, 9.17) is 9.47 Å². The zero-order valence-electron chi connectivity index (χ0n) is 15.1. The van der Waals surface area contributed by atoms with Crippen LogP contribution in [-0.2, 0) is 9.53 Å². The van der Waals surface area contributed by atoms with Crippen LogP contribution in [0, 0.1) is 0 Å². The molecule has 26 heavy (non-hydrogen) atoms. The highest BCUT2D eigenvalue weighted by atomic mass is 16.5. The molecule has 0 bridgehead atoms. The molecule has 0 saturated carbocycles. The van der Waals surface area contributed by atoms with Gasteiger partial charge in [0.2, 0.25) is 0 Å². The fraction of sp³-hybridized carbons (Fsp3) is 0.300. The van der Waals surface area contributed by atoms with E-state index < -0.39 is 18.0 Å². The van der Waals surface area contributed by atoms with Gasteiger partial charge in [0.25, 0.3) is 5.91 Å². The number of rotatable bonds is 7. The van der Waals surface area contributed by atoms with Gasteiger partial charge in [-0.25, -0.2) is 4.79 Å². The number of carbonyl (C=O) groups is 2. The van der Waals surface area contributed by atoms with Gasteiger partial charge in [0.15, 0.2) is 6.10 Å². The Morgan fingerprint density at radius 1 is 1.12 bits per heavy atom. The summed E-state index contributed by atoms with van der Waals surface area (Å²) in [6.07, 6.45) is -0.980. The quantitative estimate of drug-likeness (QED) is 0.745. The molecule has 2 aromatic carbocycles. The molecule has 0 aromatic heterocycles. The fourth-order valence-corrected chi connectivity index (χ4v) is 2.39. The maximum atomic E-state index is 12.2. The molecule has 1 amide bonds. The molecule has 0 aliphatic rings. The summed E-state index contributed by atoms with van der Waals surface area (Å²) >= 11 is 0. The number of ether oxygens (including phenoxy) is 2. The van der Waals surface area contributed by atoms with Crippen LogP contribution in [0.1, 0.15) is 35.7 Å². The second-order valence-corrected chi connectivity index (χ2v) is 5.99. The lowest BCUT2D eigenvalue weighted by atomic mass is 10.0. The SMILES string of the molecule is COc1ccc(C(=O)O[C@@H](C)C(=O)NC[C@H](C)c2ccccc2)c(O)c1. The van der Waals surface area contributed by atoms with Crippen LogP contribution in [0.3, 0.4) is 0 Å². The van der Waals surface area contributed by atoms with Gasteiger partial charge in [-0.2, -0.15) is 0 Å². The van der Waals surface area contributed by atoms with Crippen LogP contribution >= 0.6 is 0 Å². The van der Waals surface area contributed by atoms with Gasteiger partial charge in [-0.15, -0.1) is 0 Å². The van der Waals surface area contributed by atoms with Gasteiger partial charge in [0.05, 0.1) is 7.11 Å². The van der Waals surface area contributed by atoms with Crippen LogP contribution < -0.4 is 10.1 Å². The van der Waals surface area contributed by atoms with E-state index in [9.17, 15) is 14.7 Å². The average molecular weight is 357 g/mol. The highest BCUT2D eigenvalue weighted by molar-refractivity contribution is 5.94. The predicted molar refractivity (Wildman–Crippen MR) is 97.4 cm³/mol. The molecular weight excluding hydrogens is 334 g/mol. The third-order valence-corrected chi connectivity index (χ3v) is 4.03. The van der Waals surface area contributed by atoms with Gasteiger partial charge >= 0.3 is 5.97 Å². The van der Waals surface area contributed by atoms with Crippen LogP contribution in [-0.4, -0.2) is 36.7 Å². The molecule has 2 aromatic rings. The first-order valence-electron chi connectivity index (χ1n) is 8.33. The summed E-state index contributed by atoms with van der Waals surface area (Å²) in [5, 5.41) is 12.6. The molecular formula is C20H23NO5. The normalized spacial score (nSPS) is 12.7. The van der Waals surface area contributed by atoms with Crippen LogP contribution in [0.5, 0.6) is 11.5 Å². The van der Waals surface area contributed by atoms with E-state index in [1.54, 1.807) is 0 Å². The van der Waals surface area contributed by atoms with Crippen LogP contribution in [0.15, 0.2) is 48.5 Å². The number of phenolic OH excluding ortho intramolecular Hbond substituents is 1. The number of benzene rings is 2.